The van der Waals surface area contributed by atoms with Gasteiger partial charge >= 0.3 is 0 Å². The van der Waals surface area contributed by atoms with Crippen LogP contribution in [0.5, 0.6) is 0 Å². The van der Waals surface area contributed by atoms with Crippen LogP contribution in [0.4, 0.5) is 0 Å². The molecule has 0 bridgehead atoms. The fourth-order valence-electron chi connectivity index (χ4n) is 0.551. The van der Waals surface area contributed by atoms with Gasteiger partial charge in [0.25, 0.3) is 0 Å². The number of hydrogen-bond donors (Lipinski definition) is 1. The van der Waals surface area contributed by atoms with Gasteiger partial charge in [-0.1, -0.05) is 29.8 Å². The average molecular weight is 175 g/mol. The van der Waals surface area contributed by atoms with Gasteiger partial charge in [0.15, 0.2) is 0 Å². The first-order valence-electron chi connectivity index (χ1n) is 2.74. The van der Waals surface area contributed by atoms with Crippen LogP contribution >= 0.6 is 11.6 Å². The molecule has 1 N–H and O–H groups in total. The Morgan fingerprint density at radius 3 is 2.00 bits per heavy atom. The zero-order valence-electron chi connectivity index (χ0n) is 6.01. The zero-order chi connectivity index (χ0) is 7.98. The minimum atomic E-state index is 0. The molecule has 60 valence electrons. The Balaban J connectivity index is 0. The van der Waals surface area contributed by atoms with Crippen LogP contribution in [-0.4, -0.2) is 0 Å². The number of nitrogens with zero attached hydrogens (tertiary/aromatic N) is 1. The van der Waals surface area contributed by atoms with E-state index in [-0.39, 0.29) is 4.70 Å². The molecule has 0 aromatic heterocycles. The molecule has 0 aliphatic carbocycles. The molecule has 0 atom stereocenters. The summed E-state index contributed by atoms with van der Waals surface area (Å²) in [5, 5.41) is 11.8. The highest BCUT2D eigenvalue weighted by Gasteiger charge is 1.86. The van der Waals surface area contributed by atoms with Gasteiger partial charge in [-0.05, 0) is 18.6 Å². The Morgan fingerprint density at radius 1 is 1.27 bits per heavy atom. The van der Waals surface area contributed by atoms with Crippen molar-refractivity contribution in [3.63, 3.8) is 0 Å². The summed E-state index contributed by atoms with van der Waals surface area (Å²) in [5.41, 5.74) is 1.13. The Labute approximate surface area is 69.6 Å². The van der Waals surface area contributed by atoms with Crippen LogP contribution in [0.25, 0.3) is 0 Å². The molecular weight excluding hydrogens is 167 g/mol. The van der Waals surface area contributed by atoms with Crippen LogP contribution in [0.1, 0.15) is 5.56 Å². The van der Waals surface area contributed by atoms with Crippen molar-refractivity contribution in [1.29, 1.82) is 5.39 Å². The second-order valence-corrected chi connectivity index (χ2v) is 2.16. The molecule has 11 heavy (non-hydrogen) atoms. The maximum atomic E-state index is 6.25. The molecule has 0 radical (unpaired) electrons. The van der Waals surface area contributed by atoms with Crippen molar-refractivity contribution < 1.29 is 10.1 Å². The molecule has 0 unspecified atom stereocenters. The Morgan fingerprint density at radius 2 is 1.73 bits per heavy atom. The van der Waals surface area contributed by atoms with Crippen LogP contribution in [-0.2, 0) is 0 Å². The van der Waals surface area contributed by atoms with E-state index in [1.54, 1.807) is 0 Å². The van der Waals surface area contributed by atoms with E-state index in [9.17, 15) is 0 Å². The fraction of sp³-hybridized carbons (Fsp3) is 0.143. The van der Waals surface area contributed by atoms with Crippen LogP contribution in [0.15, 0.2) is 24.3 Å². The third-order valence-electron chi connectivity index (χ3n) is 1.08. The van der Waals surface area contributed by atoms with Crippen molar-refractivity contribution in [1.82, 2.24) is 0 Å². The third kappa shape index (κ3) is 4.29. The van der Waals surface area contributed by atoms with Crippen molar-refractivity contribution in [3.8, 4) is 0 Å². The first-order valence-corrected chi connectivity index (χ1v) is 3.12. The quantitative estimate of drug-likeness (QED) is 0.452. The molecule has 4 heteroatoms. The smallest absolute Gasteiger partial charge is 0.212 e. The largest absolute Gasteiger partial charge is 1.00 e. The van der Waals surface area contributed by atoms with Gasteiger partial charge in [0.1, 0.15) is 0 Å². The molecule has 0 spiro atoms. The van der Waals surface area contributed by atoms with E-state index in [2.05, 4.69) is 0 Å². The number of hydrogen-bond acceptors (Lipinski definition) is 1. The van der Waals surface area contributed by atoms with Crippen molar-refractivity contribution in [2.24, 2.45) is 0 Å². The number of rotatable bonds is 0. The lowest BCUT2D eigenvalue weighted by atomic mass is 10.2. The van der Waals surface area contributed by atoms with E-state index in [4.69, 9.17) is 22.4 Å². The summed E-state index contributed by atoms with van der Waals surface area (Å²) in [5.74, 6) is 0. The predicted octanol–water partition coefficient (Wildman–Crippen LogP) is -2.07. The van der Waals surface area contributed by atoms with Gasteiger partial charge in [0.2, 0.25) is 5.39 Å². The van der Waals surface area contributed by atoms with Gasteiger partial charge in [-0.3, -0.25) is 0 Å². The fourth-order valence-corrected chi connectivity index (χ4v) is 0.687. The molecule has 2 nitrogen and oxygen atoms in total. The second-order valence-electron chi connectivity index (χ2n) is 1.75. The minimum absolute atomic E-state index is 0. The van der Waals surface area contributed by atoms with E-state index in [1.807, 2.05) is 31.2 Å². The van der Waals surface area contributed by atoms with Crippen LogP contribution in [0, 0.1) is 12.3 Å². The molecule has 1 rings (SSSR count). The number of benzene rings is 1. The summed E-state index contributed by atoms with van der Waals surface area (Å²) in [6.45, 7) is 1.99. The Bertz CT molecular complexity index is 204. The highest BCUT2D eigenvalue weighted by Crippen LogP contribution is 2.11. The number of aryl methyl sites for hydroxylation is 1. The SMILES string of the molecule is Cc1ccccc1Cl.N#[NH+].[F-]. The molecule has 0 heterocycles. The Hall–Kier alpha value is -1.14. The molecule has 0 fully saturated rings. The third-order valence-corrected chi connectivity index (χ3v) is 1.50. The van der Waals surface area contributed by atoms with E-state index in [1.165, 1.54) is 0 Å². The molecule has 0 saturated heterocycles. The molecule has 0 aliphatic rings. The maximum Gasteiger partial charge on any atom is 0.212 e. The maximum absolute atomic E-state index is 6.25. The van der Waals surface area contributed by atoms with Crippen molar-refractivity contribution >= 4 is 11.6 Å². The summed E-state index contributed by atoms with van der Waals surface area (Å²) >= 11 is 5.71. The van der Waals surface area contributed by atoms with Crippen molar-refractivity contribution in [2.75, 3.05) is 0 Å². The minimum Gasteiger partial charge on any atom is -1.00 e. The van der Waals surface area contributed by atoms with Gasteiger partial charge in [0.05, 0.1) is 5.39 Å². The van der Waals surface area contributed by atoms with Gasteiger partial charge in [0, 0.05) is 5.02 Å². The van der Waals surface area contributed by atoms with Gasteiger partial charge in [-0.25, -0.2) is 0 Å². The average Bonchev–Trinajstić information content (AvgIpc) is 2.00. The summed E-state index contributed by atoms with van der Waals surface area (Å²) < 4.78 is 0. The summed E-state index contributed by atoms with van der Waals surface area (Å²) in [7, 11) is 0. The summed E-state index contributed by atoms with van der Waals surface area (Å²) in [4.78, 5) is 0. The summed E-state index contributed by atoms with van der Waals surface area (Å²) in [6.07, 6.45) is 0. The standard InChI is InChI=1S/C7H7Cl.FH.N2/c1-6-4-2-3-5-7(6)8;;1-2/h2-5H,1H3;1H;. The van der Waals surface area contributed by atoms with E-state index in [0.717, 1.165) is 10.6 Å². The van der Waals surface area contributed by atoms with E-state index < -0.39 is 0 Å². The first kappa shape index (κ1) is 12.5. The van der Waals surface area contributed by atoms with Crippen molar-refractivity contribution in [3.05, 3.63) is 34.9 Å². The van der Waals surface area contributed by atoms with Crippen molar-refractivity contribution in [2.45, 2.75) is 6.92 Å². The molecule has 0 aliphatic heterocycles. The lowest BCUT2D eigenvalue weighted by molar-refractivity contribution is -0.175. The molecular formula is C7H8ClFN2. The van der Waals surface area contributed by atoms with E-state index >= 15 is 0 Å². The van der Waals surface area contributed by atoms with Gasteiger partial charge in [-0.15, -0.1) is 0 Å². The monoisotopic (exact) mass is 174 g/mol. The number of halogens is 2. The van der Waals surface area contributed by atoms with Crippen LogP contribution < -0.4 is 10.1 Å². The van der Waals surface area contributed by atoms with Crippen LogP contribution in [0.3, 0.4) is 0 Å². The lowest BCUT2D eigenvalue weighted by Gasteiger charge is -1.90. The summed E-state index contributed by atoms with van der Waals surface area (Å²) in [6, 6.07) is 7.77. The number of nitrogens with one attached hydrogen (secondary N) is 1. The second kappa shape index (κ2) is 6.97. The van der Waals surface area contributed by atoms with Gasteiger partial charge < -0.3 is 4.70 Å². The zero-order valence-corrected chi connectivity index (χ0v) is 6.77. The molecule has 0 saturated carbocycles. The normalized spacial score (nSPS) is 6.91. The van der Waals surface area contributed by atoms with E-state index in [0.29, 0.717) is 0 Å². The van der Waals surface area contributed by atoms with Crippen LogP contribution in [0.2, 0.25) is 5.02 Å². The lowest BCUT2D eigenvalue weighted by Crippen LogP contribution is -3.00. The molecule has 0 amide bonds. The molecule has 1 aromatic rings. The molecule has 1 aromatic carbocycles. The highest BCUT2D eigenvalue weighted by molar-refractivity contribution is 6.31. The predicted molar refractivity (Wildman–Crippen MR) is 38.9 cm³/mol. The Kier molecular flexibility index (Phi) is 7.94. The van der Waals surface area contributed by atoms with Gasteiger partial charge in [-0.2, -0.15) is 0 Å². The highest BCUT2D eigenvalue weighted by atomic mass is 35.5. The first-order chi connectivity index (χ1) is 4.80. The topological polar surface area (TPSA) is 47.6 Å². The number of diazo groups is 1.